The lowest BCUT2D eigenvalue weighted by atomic mass is 10.9. The van der Waals surface area contributed by atoms with Crippen LogP contribution in [0.2, 0.25) is 19.6 Å². The van der Waals surface area contributed by atoms with E-state index in [9.17, 15) is 9.59 Å². The molecule has 0 aromatic carbocycles. The summed E-state index contributed by atoms with van der Waals surface area (Å²) in [6, 6.07) is 0. The largest absolute Gasteiger partial charge is 0.502 e. The quantitative estimate of drug-likeness (QED) is 0.527. The first-order chi connectivity index (χ1) is 6.35. The van der Waals surface area contributed by atoms with Crippen LogP contribution in [0, 0.1) is 0 Å². The van der Waals surface area contributed by atoms with E-state index < -0.39 is 20.5 Å². The van der Waals surface area contributed by atoms with E-state index in [1.165, 1.54) is 0 Å². The van der Waals surface area contributed by atoms with E-state index in [4.69, 9.17) is 4.43 Å². The molecule has 2 amide bonds. The molecule has 80 valence electrons. The Morgan fingerprint density at radius 1 is 1.14 bits per heavy atom. The first-order valence-corrected chi connectivity index (χ1v) is 7.57. The summed E-state index contributed by atoms with van der Waals surface area (Å²) in [5.74, 6) is 0. The normalized spacial score (nSPS) is 11.4. The zero-order chi connectivity index (χ0) is 11.2. The Morgan fingerprint density at radius 3 is 2.07 bits per heavy atom. The molecule has 0 N–H and O–H groups in total. The van der Waals surface area contributed by atoms with Gasteiger partial charge in [0.15, 0.2) is 0 Å². The Balaban J connectivity index is 4.00. The molecule has 0 bridgehead atoms. The van der Waals surface area contributed by atoms with Crippen LogP contribution < -0.4 is 0 Å². The van der Waals surface area contributed by atoms with Crippen LogP contribution in [0.15, 0.2) is 10.2 Å². The van der Waals surface area contributed by atoms with Crippen molar-refractivity contribution in [2.45, 2.75) is 26.6 Å². The van der Waals surface area contributed by atoms with E-state index >= 15 is 0 Å². The molecule has 0 aliphatic rings. The predicted molar refractivity (Wildman–Crippen MR) is 51.7 cm³/mol. The zero-order valence-corrected chi connectivity index (χ0v) is 9.73. The number of hydrogen-bond acceptors (Lipinski definition) is 4. The Hall–Kier alpha value is -1.24. The molecule has 0 aliphatic carbocycles. The zero-order valence-electron chi connectivity index (χ0n) is 8.73. The monoisotopic (exact) mass is 218 g/mol. The molecule has 0 spiro atoms. The number of nitrogens with zero attached hydrogens (tertiary/aromatic N) is 2. The van der Waals surface area contributed by atoms with Crippen LogP contribution in [-0.2, 0) is 9.16 Å². The SMILES string of the molecule is CCOC(=O)/N=N/C(=O)O[Si](C)(C)C. The third-order valence-electron chi connectivity index (χ3n) is 0.875. The summed E-state index contributed by atoms with van der Waals surface area (Å²) in [6.45, 7) is 7.30. The van der Waals surface area contributed by atoms with Gasteiger partial charge < -0.3 is 9.16 Å². The standard InChI is InChI=1S/C7H14N2O4Si/c1-5-12-6(10)8-9-7(11)13-14(2,3)4/h5H2,1-4H3/b9-8+. The Bertz CT molecular complexity index is 247. The van der Waals surface area contributed by atoms with Crippen LogP contribution in [-0.4, -0.2) is 27.1 Å². The van der Waals surface area contributed by atoms with Crippen molar-refractivity contribution in [1.82, 2.24) is 0 Å². The van der Waals surface area contributed by atoms with Gasteiger partial charge in [-0.3, -0.25) is 0 Å². The topological polar surface area (TPSA) is 77.3 Å². The molecule has 6 nitrogen and oxygen atoms in total. The number of hydrogen-bond donors (Lipinski definition) is 0. The second kappa shape index (κ2) is 5.48. The molecule has 0 aliphatic heterocycles. The van der Waals surface area contributed by atoms with Crippen LogP contribution in [0.1, 0.15) is 6.92 Å². The highest BCUT2D eigenvalue weighted by Crippen LogP contribution is 2.04. The summed E-state index contributed by atoms with van der Waals surface area (Å²) in [5, 5.41) is 6.06. The summed E-state index contributed by atoms with van der Waals surface area (Å²) in [6.07, 6.45) is -1.74. The molecule has 0 aromatic rings. The molecule has 7 heteroatoms. The number of carbonyl (C=O) groups is 2. The van der Waals surface area contributed by atoms with Crippen LogP contribution in [0.5, 0.6) is 0 Å². The van der Waals surface area contributed by atoms with Gasteiger partial charge in [-0.25, -0.2) is 9.59 Å². The minimum Gasteiger partial charge on any atom is -0.502 e. The molecule has 0 heterocycles. The van der Waals surface area contributed by atoms with Gasteiger partial charge in [0, 0.05) is 0 Å². The first kappa shape index (κ1) is 12.8. The highest BCUT2D eigenvalue weighted by atomic mass is 28.4. The second-order valence-electron chi connectivity index (χ2n) is 3.38. The second-order valence-corrected chi connectivity index (χ2v) is 7.81. The highest BCUT2D eigenvalue weighted by Gasteiger charge is 2.19. The predicted octanol–water partition coefficient (Wildman–Crippen LogP) is 2.57. The maximum atomic E-state index is 10.9. The lowest BCUT2D eigenvalue weighted by Gasteiger charge is -2.13. The molecule has 0 atom stereocenters. The molecule has 0 fully saturated rings. The fraction of sp³-hybridized carbons (Fsp3) is 0.714. The van der Waals surface area contributed by atoms with E-state index in [-0.39, 0.29) is 6.61 Å². The van der Waals surface area contributed by atoms with Crippen LogP contribution in [0.25, 0.3) is 0 Å². The van der Waals surface area contributed by atoms with Crippen LogP contribution >= 0.6 is 0 Å². The fourth-order valence-corrected chi connectivity index (χ4v) is 1.08. The van der Waals surface area contributed by atoms with Gasteiger partial charge in [0.1, 0.15) is 0 Å². The fourth-order valence-electron chi connectivity index (χ4n) is 0.516. The maximum Gasteiger partial charge on any atom is 0.452 e. The minimum atomic E-state index is -1.97. The smallest absolute Gasteiger partial charge is 0.452 e. The lowest BCUT2D eigenvalue weighted by molar-refractivity contribution is 0.160. The van der Waals surface area contributed by atoms with E-state index in [2.05, 4.69) is 15.0 Å². The number of carbonyl (C=O) groups excluding carboxylic acids is 2. The van der Waals surface area contributed by atoms with Crippen molar-refractivity contribution >= 4 is 20.5 Å². The first-order valence-electron chi connectivity index (χ1n) is 4.16. The molecule has 14 heavy (non-hydrogen) atoms. The average molecular weight is 218 g/mol. The van der Waals surface area contributed by atoms with Crippen molar-refractivity contribution in [2.24, 2.45) is 10.2 Å². The number of amides is 2. The van der Waals surface area contributed by atoms with Crippen LogP contribution in [0.4, 0.5) is 9.59 Å². The molecule has 0 aromatic heterocycles. The van der Waals surface area contributed by atoms with Gasteiger partial charge >= 0.3 is 12.2 Å². The summed E-state index contributed by atoms with van der Waals surface area (Å²) < 4.78 is 9.32. The summed E-state index contributed by atoms with van der Waals surface area (Å²) in [5.41, 5.74) is 0. The van der Waals surface area contributed by atoms with Gasteiger partial charge in [0.2, 0.25) is 8.32 Å². The van der Waals surface area contributed by atoms with Gasteiger partial charge in [-0.15, -0.1) is 0 Å². The number of azo groups is 1. The summed E-state index contributed by atoms with van der Waals surface area (Å²) in [7, 11) is -1.97. The van der Waals surface area contributed by atoms with Crippen molar-refractivity contribution in [3.05, 3.63) is 0 Å². The molecule has 0 saturated heterocycles. The van der Waals surface area contributed by atoms with Gasteiger partial charge in [-0.05, 0) is 26.6 Å². The molecular formula is C7H14N2O4Si. The summed E-state index contributed by atoms with van der Waals surface area (Å²) in [4.78, 5) is 21.5. The summed E-state index contributed by atoms with van der Waals surface area (Å²) >= 11 is 0. The number of rotatable bonds is 2. The Morgan fingerprint density at radius 2 is 1.64 bits per heavy atom. The van der Waals surface area contributed by atoms with E-state index in [0.29, 0.717) is 0 Å². The third kappa shape index (κ3) is 7.41. The Kier molecular flexibility index (Phi) is 4.99. The van der Waals surface area contributed by atoms with E-state index in [1.807, 2.05) is 19.6 Å². The molecule has 0 saturated carbocycles. The van der Waals surface area contributed by atoms with Crippen LogP contribution in [0.3, 0.4) is 0 Å². The van der Waals surface area contributed by atoms with Gasteiger partial charge in [-0.1, -0.05) is 10.2 Å². The maximum absolute atomic E-state index is 10.9. The molecule has 0 radical (unpaired) electrons. The van der Waals surface area contributed by atoms with E-state index in [0.717, 1.165) is 0 Å². The van der Waals surface area contributed by atoms with Crippen molar-refractivity contribution in [3.63, 3.8) is 0 Å². The van der Waals surface area contributed by atoms with Gasteiger partial charge in [0.05, 0.1) is 6.61 Å². The van der Waals surface area contributed by atoms with Gasteiger partial charge in [0.25, 0.3) is 0 Å². The molecule has 0 rings (SSSR count). The van der Waals surface area contributed by atoms with E-state index in [1.54, 1.807) is 6.92 Å². The van der Waals surface area contributed by atoms with Crippen molar-refractivity contribution in [2.75, 3.05) is 6.61 Å². The molecule has 0 unspecified atom stereocenters. The third-order valence-corrected chi connectivity index (χ3v) is 1.66. The highest BCUT2D eigenvalue weighted by molar-refractivity contribution is 6.71. The lowest BCUT2D eigenvalue weighted by Crippen LogP contribution is -2.27. The van der Waals surface area contributed by atoms with Crippen molar-refractivity contribution in [3.8, 4) is 0 Å². The van der Waals surface area contributed by atoms with Crippen molar-refractivity contribution in [1.29, 1.82) is 0 Å². The number of ether oxygens (including phenoxy) is 1. The Labute approximate surface area is 83.4 Å². The van der Waals surface area contributed by atoms with Gasteiger partial charge in [-0.2, -0.15) is 0 Å². The minimum absolute atomic E-state index is 0.195. The average Bonchev–Trinajstić information content (AvgIpc) is 1.98. The molecular weight excluding hydrogens is 204 g/mol. The van der Waals surface area contributed by atoms with Crippen molar-refractivity contribution < 1.29 is 18.8 Å².